The Hall–Kier alpha value is -2.95. The van der Waals surface area contributed by atoms with Gasteiger partial charge in [0, 0.05) is 58.2 Å². The third kappa shape index (κ3) is 9.88. The van der Waals surface area contributed by atoms with E-state index >= 15 is 0 Å². The van der Waals surface area contributed by atoms with E-state index in [-0.39, 0.29) is 11.8 Å². The van der Waals surface area contributed by atoms with Crippen LogP contribution >= 0.6 is 15.9 Å². The van der Waals surface area contributed by atoms with Gasteiger partial charge in [-0.05, 0) is 65.7 Å². The molecule has 3 heterocycles. The van der Waals surface area contributed by atoms with Crippen molar-refractivity contribution in [2.45, 2.75) is 89.1 Å². The Kier molecular flexibility index (Phi) is 12.7. The summed E-state index contributed by atoms with van der Waals surface area (Å²) in [5.74, 6) is -0.569. The minimum absolute atomic E-state index is 0.0640. The van der Waals surface area contributed by atoms with E-state index in [9.17, 15) is 15.0 Å². The zero-order chi connectivity index (χ0) is 36.1. The van der Waals surface area contributed by atoms with E-state index in [4.69, 9.17) is 24.5 Å². The molecule has 0 saturated heterocycles. The van der Waals surface area contributed by atoms with Crippen molar-refractivity contribution in [1.82, 2.24) is 19.6 Å². The predicted molar refractivity (Wildman–Crippen MR) is 208 cm³/mol. The van der Waals surface area contributed by atoms with Crippen molar-refractivity contribution in [3.8, 4) is 22.4 Å². The van der Waals surface area contributed by atoms with Crippen LogP contribution in [0.1, 0.15) is 37.3 Å². The van der Waals surface area contributed by atoms with Crippen molar-refractivity contribution in [3.05, 3.63) is 65.0 Å². The zero-order valence-corrected chi connectivity index (χ0v) is 33.8. The van der Waals surface area contributed by atoms with E-state index < -0.39 is 28.2 Å². The molecule has 50 heavy (non-hydrogen) atoms. The first kappa shape index (κ1) is 38.3. The molecule has 2 N–H and O–H groups in total. The summed E-state index contributed by atoms with van der Waals surface area (Å²) in [7, 11) is -2.59. The van der Waals surface area contributed by atoms with Crippen LogP contribution in [0.4, 0.5) is 5.82 Å². The van der Waals surface area contributed by atoms with E-state index in [2.05, 4.69) is 66.2 Å². The van der Waals surface area contributed by atoms with Crippen LogP contribution in [0.25, 0.3) is 28.0 Å². The number of rotatable bonds is 16. The Morgan fingerprint density at radius 2 is 1.54 bits per heavy atom. The van der Waals surface area contributed by atoms with E-state index in [0.29, 0.717) is 58.0 Å². The minimum atomic E-state index is -1.35. The number of aliphatic hydroxyl groups is 1. The Morgan fingerprint density at radius 3 is 2.08 bits per heavy atom. The first-order valence-corrected chi connectivity index (χ1v) is 25.8. The molecule has 4 aromatic rings. The monoisotopic (exact) mass is 781 g/mol. The highest BCUT2D eigenvalue weighted by Crippen LogP contribution is 2.43. The SMILES string of the molecule is C[Si](C)(C)CCOCN(COCC[Si](C)(C)C)c1c(Br)c([C@H]2CC[C@H](C(O)C(=O)O)CC2)nc2c(-c3ccc(-c4ccccc4)nc3)cnn12. The molecule has 1 aliphatic carbocycles. The molecule has 0 aliphatic heterocycles. The van der Waals surface area contributed by atoms with Crippen LogP contribution in [-0.4, -0.2) is 84.7 Å². The van der Waals surface area contributed by atoms with Gasteiger partial charge >= 0.3 is 5.97 Å². The summed E-state index contributed by atoms with van der Waals surface area (Å²) < 4.78 is 15.4. The first-order chi connectivity index (χ1) is 23.7. The second kappa shape index (κ2) is 16.6. The Labute approximate surface area is 306 Å². The number of aromatic nitrogens is 4. The molecule has 0 amide bonds. The molecule has 0 spiro atoms. The standard InChI is InChI=1S/C37H52BrN5O5Si2/c1-49(2,3)20-18-47-24-42(25-48-19-21-50(4,5)6)36-32(38)33(27-12-14-28(15-13-27)34(44)37(45)46)41-35-30(23-40-43(35)36)29-16-17-31(39-22-29)26-10-8-7-9-11-26/h7-11,16-17,22-23,27-28,34,44H,12-15,18-21,24-25H2,1-6H3,(H,45,46)/t27-,28-,34?. The molecular formula is C37H52BrN5O5Si2. The van der Waals surface area contributed by atoms with Gasteiger partial charge in [0.2, 0.25) is 0 Å². The number of halogens is 1. The fourth-order valence-corrected chi connectivity index (χ4v) is 8.58. The van der Waals surface area contributed by atoms with Gasteiger partial charge in [-0.3, -0.25) is 4.98 Å². The summed E-state index contributed by atoms with van der Waals surface area (Å²) in [5.41, 5.74) is 5.30. The number of pyridine rings is 1. The molecule has 3 aromatic heterocycles. The summed E-state index contributed by atoms with van der Waals surface area (Å²) in [5, 5.41) is 24.6. The van der Waals surface area contributed by atoms with Gasteiger partial charge in [0.25, 0.3) is 0 Å². The number of hydrogen-bond acceptors (Lipinski definition) is 8. The molecule has 1 unspecified atom stereocenters. The van der Waals surface area contributed by atoms with Gasteiger partial charge < -0.3 is 24.6 Å². The molecular weight excluding hydrogens is 731 g/mol. The molecule has 0 bridgehead atoms. The van der Waals surface area contributed by atoms with Crippen molar-refractivity contribution in [2.24, 2.45) is 5.92 Å². The molecule has 1 saturated carbocycles. The quantitative estimate of drug-likeness (QED) is 0.0656. The molecule has 1 fully saturated rings. The van der Waals surface area contributed by atoms with Crippen LogP contribution in [0.5, 0.6) is 0 Å². The normalized spacial score (nSPS) is 17.6. The summed E-state index contributed by atoms with van der Waals surface area (Å²) >= 11 is 3.97. The summed E-state index contributed by atoms with van der Waals surface area (Å²) in [6.07, 6.45) is 5.00. The van der Waals surface area contributed by atoms with E-state index in [1.54, 1.807) is 0 Å². The fourth-order valence-electron chi connectivity index (χ4n) is 6.23. The van der Waals surface area contributed by atoms with Crippen LogP contribution in [0.2, 0.25) is 51.4 Å². The van der Waals surface area contributed by atoms with Crippen molar-refractivity contribution < 1.29 is 24.5 Å². The lowest BCUT2D eigenvalue weighted by Gasteiger charge is -2.32. The second-order valence-electron chi connectivity index (χ2n) is 15.9. The second-order valence-corrected chi connectivity index (χ2v) is 27.9. The number of benzene rings is 1. The van der Waals surface area contributed by atoms with Gasteiger partial charge in [-0.2, -0.15) is 9.61 Å². The molecule has 5 rings (SSSR count). The Bertz CT molecular complexity index is 1700. The number of carbonyl (C=O) groups is 1. The molecule has 10 nitrogen and oxygen atoms in total. The number of aliphatic hydroxyl groups excluding tert-OH is 1. The number of hydrogen-bond donors (Lipinski definition) is 2. The predicted octanol–water partition coefficient (Wildman–Crippen LogP) is 8.37. The Balaban J connectivity index is 1.54. The maximum Gasteiger partial charge on any atom is 0.332 e. The largest absolute Gasteiger partial charge is 0.479 e. The van der Waals surface area contributed by atoms with Gasteiger partial charge in [0.05, 0.1) is 22.1 Å². The maximum absolute atomic E-state index is 11.5. The summed E-state index contributed by atoms with van der Waals surface area (Å²) in [6, 6.07) is 16.3. The van der Waals surface area contributed by atoms with E-state index in [0.717, 1.165) is 50.5 Å². The lowest BCUT2D eigenvalue weighted by molar-refractivity contribution is -0.150. The zero-order valence-electron chi connectivity index (χ0n) is 30.2. The third-order valence-electron chi connectivity index (χ3n) is 9.38. The third-order valence-corrected chi connectivity index (χ3v) is 13.5. The van der Waals surface area contributed by atoms with E-state index in [1.165, 1.54) is 0 Å². The number of nitrogens with zero attached hydrogens (tertiary/aromatic N) is 5. The van der Waals surface area contributed by atoms with Crippen molar-refractivity contribution in [2.75, 3.05) is 31.6 Å². The van der Waals surface area contributed by atoms with Gasteiger partial charge in [-0.1, -0.05) is 75.7 Å². The molecule has 1 aromatic carbocycles. The fraction of sp³-hybridized carbons (Fsp3) is 0.514. The molecule has 270 valence electrons. The number of carboxylic acids is 1. The number of anilines is 1. The number of fused-ring (bicyclic) bond motifs is 1. The van der Waals surface area contributed by atoms with Gasteiger partial charge in [0.1, 0.15) is 13.5 Å². The topological polar surface area (TPSA) is 122 Å². The lowest BCUT2D eigenvalue weighted by Crippen LogP contribution is -2.34. The van der Waals surface area contributed by atoms with Crippen LogP contribution in [-0.2, 0) is 14.3 Å². The molecule has 0 radical (unpaired) electrons. The van der Waals surface area contributed by atoms with Gasteiger partial charge in [-0.25, -0.2) is 9.78 Å². The molecule has 1 aliphatic rings. The first-order valence-electron chi connectivity index (χ1n) is 17.6. The highest BCUT2D eigenvalue weighted by atomic mass is 79.9. The summed E-state index contributed by atoms with van der Waals surface area (Å²) in [6.45, 7) is 16.1. The highest BCUT2D eigenvalue weighted by Gasteiger charge is 2.34. The smallest absolute Gasteiger partial charge is 0.332 e. The van der Waals surface area contributed by atoms with Crippen molar-refractivity contribution in [3.63, 3.8) is 0 Å². The lowest BCUT2D eigenvalue weighted by atomic mass is 9.78. The van der Waals surface area contributed by atoms with E-state index in [1.807, 2.05) is 53.3 Å². The van der Waals surface area contributed by atoms with Crippen LogP contribution in [0, 0.1) is 5.92 Å². The van der Waals surface area contributed by atoms with Crippen LogP contribution in [0.3, 0.4) is 0 Å². The highest BCUT2D eigenvalue weighted by molar-refractivity contribution is 9.10. The van der Waals surface area contributed by atoms with Crippen LogP contribution < -0.4 is 4.90 Å². The Morgan fingerprint density at radius 1 is 0.920 bits per heavy atom. The van der Waals surface area contributed by atoms with Crippen LogP contribution in [0.15, 0.2) is 59.3 Å². The number of carboxylic acid groups (broad SMARTS) is 1. The summed E-state index contributed by atoms with van der Waals surface area (Å²) in [4.78, 5) is 23.7. The maximum atomic E-state index is 11.5. The van der Waals surface area contributed by atoms with Gasteiger partial charge in [0.15, 0.2) is 17.6 Å². The van der Waals surface area contributed by atoms with Gasteiger partial charge in [-0.15, -0.1) is 0 Å². The minimum Gasteiger partial charge on any atom is -0.479 e. The number of aliphatic carboxylic acids is 1. The number of ether oxygens (including phenoxy) is 2. The molecule has 1 atom stereocenters. The van der Waals surface area contributed by atoms with Crippen molar-refractivity contribution in [1.29, 1.82) is 0 Å². The average molecular weight is 783 g/mol. The molecule has 13 heteroatoms. The average Bonchev–Trinajstić information content (AvgIpc) is 3.50. The van der Waals surface area contributed by atoms with Crippen molar-refractivity contribution >= 4 is 49.5 Å².